The van der Waals surface area contributed by atoms with Gasteiger partial charge in [-0.05, 0) is 42.8 Å². The molecule has 1 heterocycles. The van der Waals surface area contributed by atoms with Gasteiger partial charge in [0.1, 0.15) is 12.4 Å². The zero-order chi connectivity index (χ0) is 15.6. The van der Waals surface area contributed by atoms with Crippen LogP contribution in [0.25, 0.3) is 0 Å². The summed E-state index contributed by atoms with van der Waals surface area (Å²) in [6.07, 6.45) is 0. The smallest absolute Gasteiger partial charge is 0.195 e. The number of benzene rings is 1. The summed E-state index contributed by atoms with van der Waals surface area (Å²) in [6, 6.07) is 6.08. The van der Waals surface area contributed by atoms with E-state index in [1.807, 2.05) is 23.6 Å². The van der Waals surface area contributed by atoms with Crippen LogP contribution in [-0.4, -0.2) is 14.8 Å². The van der Waals surface area contributed by atoms with Crippen molar-refractivity contribution in [3.05, 3.63) is 38.8 Å². The molecule has 0 unspecified atom stereocenters. The second-order valence-corrected chi connectivity index (χ2v) is 7.17. The quantitative estimate of drug-likeness (QED) is 0.800. The van der Waals surface area contributed by atoms with E-state index < -0.39 is 0 Å². The molecule has 4 nitrogen and oxygen atoms in total. The number of hydrogen-bond acceptors (Lipinski definition) is 3. The van der Waals surface area contributed by atoms with Crippen molar-refractivity contribution in [2.24, 2.45) is 0 Å². The monoisotopic (exact) mass is 369 g/mol. The number of aromatic amines is 1. The van der Waals surface area contributed by atoms with Crippen molar-refractivity contribution in [3.63, 3.8) is 0 Å². The van der Waals surface area contributed by atoms with Gasteiger partial charge in [-0.15, -0.1) is 0 Å². The molecule has 0 aliphatic rings. The average Bonchev–Trinajstić information content (AvgIpc) is 2.76. The van der Waals surface area contributed by atoms with Gasteiger partial charge in [-0.25, -0.2) is 0 Å². The lowest BCUT2D eigenvalue weighted by molar-refractivity contribution is 0.281. The van der Waals surface area contributed by atoms with E-state index in [9.17, 15) is 0 Å². The second-order valence-electron chi connectivity index (χ2n) is 5.87. The first-order valence-corrected chi connectivity index (χ1v) is 8.10. The van der Waals surface area contributed by atoms with Crippen LogP contribution in [-0.2, 0) is 18.6 Å². The molecule has 0 aliphatic carbocycles. The number of nitrogens with one attached hydrogen (secondary N) is 1. The van der Waals surface area contributed by atoms with Gasteiger partial charge in [0, 0.05) is 16.6 Å². The SMILES string of the molecule is CCn1c(COc2ccc(Br)cc2C(C)(C)C)n[nH]c1=S. The van der Waals surface area contributed by atoms with Crippen LogP contribution < -0.4 is 4.74 Å². The summed E-state index contributed by atoms with van der Waals surface area (Å²) in [6.45, 7) is 9.72. The molecule has 6 heteroatoms. The van der Waals surface area contributed by atoms with Crippen molar-refractivity contribution in [1.82, 2.24) is 14.8 Å². The lowest BCUT2D eigenvalue weighted by Crippen LogP contribution is -2.14. The number of hydrogen-bond donors (Lipinski definition) is 1. The molecule has 0 aliphatic heterocycles. The number of rotatable bonds is 4. The van der Waals surface area contributed by atoms with Gasteiger partial charge in [0.05, 0.1) is 0 Å². The Kier molecular flexibility index (Phi) is 4.88. The molecular formula is C15H20BrN3OS. The van der Waals surface area contributed by atoms with Gasteiger partial charge in [-0.2, -0.15) is 5.10 Å². The number of halogens is 1. The zero-order valence-electron chi connectivity index (χ0n) is 12.7. The van der Waals surface area contributed by atoms with Crippen molar-refractivity contribution in [2.45, 2.75) is 46.3 Å². The Labute approximate surface area is 138 Å². The molecule has 1 aromatic carbocycles. The molecule has 1 N–H and O–H groups in total. The first kappa shape index (κ1) is 16.2. The summed E-state index contributed by atoms with van der Waals surface area (Å²) in [7, 11) is 0. The fourth-order valence-corrected chi connectivity index (χ4v) is 2.78. The van der Waals surface area contributed by atoms with Crippen molar-refractivity contribution in [2.75, 3.05) is 0 Å². The molecule has 0 spiro atoms. The number of ether oxygens (including phenoxy) is 1. The number of H-pyrrole nitrogens is 1. The predicted molar refractivity (Wildman–Crippen MR) is 90.3 cm³/mol. The molecule has 21 heavy (non-hydrogen) atoms. The minimum atomic E-state index is 0.00852. The lowest BCUT2D eigenvalue weighted by Gasteiger charge is -2.23. The van der Waals surface area contributed by atoms with Crippen molar-refractivity contribution >= 4 is 28.1 Å². The van der Waals surface area contributed by atoms with Crippen molar-refractivity contribution < 1.29 is 4.74 Å². The van der Waals surface area contributed by atoms with Crippen molar-refractivity contribution in [1.29, 1.82) is 0 Å². The first-order chi connectivity index (χ1) is 9.82. The van der Waals surface area contributed by atoms with Gasteiger partial charge in [0.15, 0.2) is 10.6 Å². The molecule has 0 bridgehead atoms. The van der Waals surface area contributed by atoms with E-state index in [1.165, 1.54) is 0 Å². The molecule has 0 amide bonds. The minimum Gasteiger partial charge on any atom is -0.485 e. The molecule has 0 saturated carbocycles. The minimum absolute atomic E-state index is 0.00852. The summed E-state index contributed by atoms with van der Waals surface area (Å²) >= 11 is 8.71. The Balaban J connectivity index is 2.26. The third-order valence-electron chi connectivity index (χ3n) is 3.26. The zero-order valence-corrected chi connectivity index (χ0v) is 15.1. The molecular weight excluding hydrogens is 350 g/mol. The Morgan fingerprint density at radius 2 is 2.10 bits per heavy atom. The summed E-state index contributed by atoms with van der Waals surface area (Å²) < 4.78 is 9.61. The van der Waals surface area contributed by atoms with Gasteiger partial charge in [-0.1, -0.05) is 36.7 Å². The second kappa shape index (κ2) is 6.32. The summed E-state index contributed by atoms with van der Waals surface area (Å²) in [4.78, 5) is 0. The molecule has 2 rings (SSSR count). The van der Waals surface area contributed by atoms with Crippen LogP contribution in [0, 0.1) is 4.77 Å². The number of nitrogens with zero attached hydrogens (tertiary/aromatic N) is 2. The summed E-state index contributed by atoms with van der Waals surface area (Å²) in [5, 5.41) is 7.03. The van der Waals surface area contributed by atoms with Crippen LogP contribution in [0.4, 0.5) is 0 Å². The van der Waals surface area contributed by atoms with E-state index in [-0.39, 0.29) is 5.41 Å². The molecule has 0 atom stereocenters. The Morgan fingerprint density at radius 1 is 1.38 bits per heavy atom. The Bertz CT molecular complexity index is 685. The van der Waals surface area contributed by atoms with Crippen molar-refractivity contribution in [3.8, 4) is 5.75 Å². The van der Waals surface area contributed by atoms with E-state index in [2.05, 4.69) is 53.0 Å². The molecule has 2 aromatic rings. The molecule has 0 radical (unpaired) electrons. The van der Waals surface area contributed by atoms with Crippen LogP contribution in [0.5, 0.6) is 5.75 Å². The maximum absolute atomic E-state index is 5.99. The third kappa shape index (κ3) is 3.74. The van der Waals surface area contributed by atoms with E-state index in [4.69, 9.17) is 17.0 Å². The molecule has 0 fully saturated rings. The maximum atomic E-state index is 5.99. The third-order valence-corrected chi connectivity index (χ3v) is 4.06. The molecule has 0 saturated heterocycles. The van der Waals surface area contributed by atoms with Gasteiger partial charge in [0.25, 0.3) is 0 Å². The largest absolute Gasteiger partial charge is 0.485 e. The fraction of sp³-hybridized carbons (Fsp3) is 0.467. The normalized spacial score (nSPS) is 11.7. The molecule has 114 valence electrons. The topological polar surface area (TPSA) is 42.8 Å². The highest BCUT2D eigenvalue weighted by Gasteiger charge is 2.20. The highest BCUT2D eigenvalue weighted by Crippen LogP contribution is 2.33. The fourth-order valence-electron chi connectivity index (χ4n) is 2.14. The van der Waals surface area contributed by atoms with Gasteiger partial charge >= 0.3 is 0 Å². The van der Waals surface area contributed by atoms with Crippen LogP contribution >= 0.6 is 28.1 Å². The highest BCUT2D eigenvalue weighted by molar-refractivity contribution is 9.10. The first-order valence-electron chi connectivity index (χ1n) is 6.90. The molecule has 1 aromatic heterocycles. The summed E-state index contributed by atoms with van der Waals surface area (Å²) in [5.41, 5.74) is 1.17. The van der Waals surface area contributed by atoms with Gasteiger partial charge in [0.2, 0.25) is 0 Å². The van der Waals surface area contributed by atoms with Crippen LogP contribution in [0.3, 0.4) is 0 Å². The van der Waals surface area contributed by atoms with Crippen LogP contribution in [0.1, 0.15) is 39.1 Å². The van der Waals surface area contributed by atoms with E-state index in [0.29, 0.717) is 11.4 Å². The average molecular weight is 370 g/mol. The van der Waals surface area contributed by atoms with Crippen LogP contribution in [0.2, 0.25) is 0 Å². The Hall–Kier alpha value is -1.14. The van der Waals surface area contributed by atoms with Gasteiger partial charge in [-0.3, -0.25) is 5.10 Å². The maximum Gasteiger partial charge on any atom is 0.195 e. The highest BCUT2D eigenvalue weighted by atomic mass is 79.9. The van der Waals surface area contributed by atoms with Crippen LogP contribution in [0.15, 0.2) is 22.7 Å². The summed E-state index contributed by atoms with van der Waals surface area (Å²) in [5.74, 6) is 1.69. The number of aromatic nitrogens is 3. The predicted octanol–water partition coefficient (Wildman–Crippen LogP) is 4.60. The van der Waals surface area contributed by atoms with E-state index in [1.54, 1.807) is 0 Å². The standard InChI is InChI=1S/C15H20BrN3OS/c1-5-19-13(17-18-14(19)21)9-20-12-7-6-10(16)8-11(12)15(2,3)4/h6-8H,5,9H2,1-4H3,(H,18,21). The van der Waals surface area contributed by atoms with Gasteiger partial charge < -0.3 is 9.30 Å². The lowest BCUT2D eigenvalue weighted by atomic mass is 9.86. The Morgan fingerprint density at radius 3 is 2.71 bits per heavy atom. The van der Waals surface area contributed by atoms with E-state index >= 15 is 0 Å². The van der Waals surface area contributed by atoms with E-state index in [0.717, 1.165) is 28.2 Å².